The number of hydrogen-bond donors (Lipinski definition) is 2. The van der Waals surface area contributed by atoms with Crippen LogP contribution in [0.4, 0.5) is 11.6 Å². The van der Waals surface area contributed by atoms with Gasteiger partial charge in [0.1, 0.15) is 5.52 Å². The molecular formula is C24H24N8O2. The standard InChI is InChI=1S/C24H24N8O2/c1-13-9-16(13)24(33)27-19-10-17-18(11-26-23(25-2)21(17)30-29-19)22-28-20-4-3-15(12-32(20)31-22)14-5-7-34-8-6-14/h3-5,10-13,16H,6-9H2,1-2H3,(H,25,26)(H,27,29,33)/t13-,16+/m1/s1/i2D3. The number of anilines is 2. The molecule has 34 heavy (non-hydrogen) atoms. The summed E-state index contributed by atoms with van der Waals surface area (Å²) in [5.41, 5.74) is 3.64. The Morgan fingerprint density at radius 3 is 3.03 bits per heavy atom. The van der Waals surface area contributed by atoms with Gasteiger partial charge in [-0.15, -0.1) is 15.3 Å². The second kappa shape index (κ2) is 8.14. The highest BCUT2D eigenvalue weighted by Gasteiger charge is 2.39. The molecule has 1 fully saturated rings. The van der Waals surface area contributed by atoms with E-state index in [9.17, 15) is 4.79 Å². The molecule has 0 radical (unpaired) electrons. The smallest absolute Gasteiger partial charge is 0.228 e. The van der Waals surface area contributed by atoms with Gasteiger partial charge in [0, 0.05) is 40.3 Å². The molecule has 0 spiro atoms. The summed E-state index contributed by atoms with van der Waals surface area (Å²) in [6, 6.07) is 5.55. The van der Waals surface area contributed by atoms with Gasteiger partial charge in [0.2, 0.25) is 5.91 Å². The molecule has 4 aromatic rings. The molecule has 2 N–H and O–H groups in total. The molecule has 172 valence electrons. The minimum atomic E-state index is -2.48. The van der Waals surface area contributed by atoms with Crippen LogP contribution in [0, 0.1) is 11.8 Å². The van der Waals surface area contributed by atoms with E-state index in [1.807, 2.05) is 25.3 Å². The number of amides is 1. The zero-order chi connectivity index (χ0) is 25.7. The van der Waals surface area contributed by atoms with Crippen molar-refractivity contribution in [3.8, 4) is 11.4 Å². The van der Waals surface area contributed by atoms with E-state index in [2.05, 4.69) is 42.0 Å². The molecule has 2 aliphatic rings. The van der Waals surface area contributed by atoms with E-state index in [1.54, 1.807) is 10.6 Å². The van der Waals surface area contributed by atoms with Crippen molar-refractivity contribution >= 4 is 39.7 Å². The third-order valence-corrected chi connectivity index (χ3v) is 6.35. The van der Waals surface area contributed by atoms with Gasteiger partial charge < -0.3 is 15.4 Å². The fraction of sp³-hybridized carbons (Fsp3) is 0.333. The third-order valence-electron chi connectivity index (χ3n) is 6.35. The second-order valence-electron chi connectivity index (χ2n) is 8.66. The predicted octanol–water partition coefficient (Wildman–Crippen LogP) is 3.17. The number of hydrogen-bond acceptors (Lipinski definition) is 8. The Bertz CT molecular complexity index is 1570. The Labute approximate surface area is 199 Å². The number of nitrogens with zero attached hydrogens (tertiary/aromatic N) is 6. The minimum absolute atomic E-state index is 0.0395. The Kier molecular flexibility index (Phi) is 4.20. The quantitative estimate of drug-likeness (QED) is 0.467. The van der Waals surface area contributed by atoms with Gasteiger partial charge >= 0.3 is 0 Å². The van der Waals surface area contributed by atoms with Crippen molar-refractivity contribution in [3.63, 3.8) is 0 Å². The number of ether oxygens (including phenoxy) is 1. The van der Waals surface area contributed by atoms with Crippen molar-refractivity contribution in [2.75, 3.05) is 30.8 Å². The van der Waals surface area contributed by atoms with Gasteiger partial charge in [-0.2, -0.15) is 0 Å². The number of fused-ring (bicyclic) bond motifs is 2. The number of pyridine rings is 2. The van der Waals surface area contributed by atoms with Crippen LogP contribution in [0.3, 0.4) is 0 Å². The lowest BCUT2D eigenvalue weighted by Crippen LogP contribution is -2.16. The number of aromatic nitrogens is 6. The van der Waals surface area contributed by atoms with Crippen LogP contribution in [0.2, 0.25) is 0 Å². The lowest BCUT2D eigenvalue weighted by Gasteiger charge is -2.13. The highest BCUT2D eigenvalue weighted by atomic mass is 16.5. The molecule has 4 aromatic heterocycles. The largest absolute Gasteiger partial charge is 0.377 e. The molecular weight excluding hydrogens is 432 g/mol. The maximum atomic E-state index is 12.5. The van der Waals surface area contributed by atoms with Crippen LogP contribution in [-0.2, 0) is 9.53 Å². The molecule has 0 aromatic carbocycles. The molecule has 6 rings (SSSR count). The number of carbonyl (C=O) groups is 1. The normalized spacial score (nSPS) is 21.4. The molecule has 10 nitrogen and oxygen atoms in total. The topological polar surface area (TPSA) is 119 Å². The zero-order valence-corrected chi connectivity index (χ0v) is 18.4. The highest BCUT2D eigenvalue weighted by molar-refractivity contribution is 6.01. The lowest BCUT2D eigenvalue weighted by atomic mass is 10.0. The van der Waals surface area contributed by atoms with Gasteiger partial charge in [0.05, 0.1) is 13.2 Å². The molecule has 1 amide bonds. The van der Waals surface area contributed by atoms with Gasteiger partial charge in [-0.25, -0.2) is 14.5 Å². The van der Waals surface area contributed by atoms with Crippen LogP contribution >= 0.6 is 0 Å². The van der Waals surface area contributed by atoms with E-state index in [-0.39, 0.29) is 29.0 Å². The SMILES string of the molecule is [2H]C([2H])([2H])Nc1ncc(-c2nc3ccc(C4=CCOCC4)cn3n2)c2cc(NC(=O)[C@H]3C[C@H]3C)nnc12. The summed E-state index contributed by atoms with van der Waals surface area (Å²) in [6.45, 7) is 0.810. The molecule has 1 aliphatic heterocycles. The first-order valence-corrected chi connectivity index (χ1v) is 11.1. The highest BCUT2D eigenvalue weighted by Crippen LogP contribution is 2.38. The van der Waals surface area contributed by atoms with Crippen LogP contribution < -0.4 is 10.6 Å². The van der Waals surface area contributed by atoms with E-state index in [1.165, 1.54) is 11.8 Å². The van der Waals surface area contributed by atoms with Crippen LogP contribution in [0.1, 0.15) is 29.4 Å². The fourth-order valence-corrected chi connectivity index (χ4v) is 4.25. The first-order valence-electron chi connectivity index (χ1n) is 12.6. The van der Waals surface area contributed by atoms with E-state index in [0.717, 1.165) is 18.4 Å². The van der Waals surface area contributed by atoms with Gasteiger partial charge in [0.15, 0.2) is 23.1 Å². The molecule has 0 unspecified atom stereocenters. The average molecular weight is 460 g/mol. The summed E-state index contributed by atoms with van der Waals surface area (Å²) < 4.78 is 29.9. The van der Waals surface area contributed by atoms with E-state index >= 15 is 0 Å². The molecule has 0 saturated heterocycles. The van der Waals surface area contributed by atoms with Crippen molar-refractivity contribution in [1.82, 2.24) is 29.8 Å². The number of rotatable bonds is 5. The number of nitrogens with one attached hydrogen (secondary N) is 2. The Morgan fingerprint density at radius 2 is 2.24 bits per heavy atom. The van der Waals surface area contributed by atoms with Crippen molar-refractivity contribution in [2.24, 2.45) is 11.8 Å². The second-order valence-corrected chi connectivity index (χ2v) is 8.66. The molecule has 10 heteroatoms. The Hall–Kier alpha value is -3.92. The van der Waals surface area contributed by atoms with Crippen LogP contribution in [0.5, 0.6) is 0 Å². The molecule has 0 bridgehead atoms. The van der Waals surface area contributed by atoms with Crippen molar-refractivity contribution in [3.05, 3.63) is 42.2 Å². The summed E-state index contributed by atoms with van der Waals surface area (Å²) in [5.74, 6) is 0.893. The summed E-state index contributed by atoms with van der Waals surface area (Å²) in [6.07, 6.45) is 7.15. The van der Waals surface area contributed by atoms with Crippen molar-refractivity contribution < 1.29 is 13.6 Å². The molecule has 5 heterocycles. The summed E-state index contributed by atoms with van der Waals surface area (Å²) >= 11 is 0. The summed E-state index contributed by atoms with van der Waals surface area (Å²) in [5, 5.41) is 18.7. The monoisotopic (exact) mass is 459 g/mol. The van der Waals surface area contributed by atoms with Crippen LogP contribution in [0.15, 0.2) is 36.7 Å². The molecule has 2 atom stereocenters. The van der Waals surface area contributed by atoms with Crippen molar-refractivity contribution in [2.45, 2.75) is 19.8 Å². The van der Waals surface area contributed by atoms with Gasteiger partial charge in [-0.05, 0) is 48.1 Å². The average Bonchev–Trinajstić information content (AvgIpc) is 3.46. The van der Waals surface area contributed by atoms with E-state index in [0.29, 0.717) is 41.6 Å². The lowest BCUT2D eigenvalue weighted by molar-refractivity contribution is -0.117. The van der Waals surface area contributed by atoms with E-state index < -0.39 is 6.98 Å². The summed E-state index contributed by atoms with van der Waals surface area (Å²) in [4.78, 5) is 21.5. The first kappa shape index (κ1) is 17.5. The van der Waals surface area contributed by atoms with Gasteiger partial charge in [0.25, 0.3) is 0 Å². The minimum Gasteiger partial charge on any atom is -0.377 e. The van der Waals surface area contributed by atoms with Gasteiger partial charge in [-0.1, -0.05) is 13.0 Å². The van der Waals surface area contributed by atoms with Crippen LogP contribution in [0.25, 0.3) is 33.5 Å². The molecule has 1 aliphatic carbocycles. The zero-order valence-electron chi connectivity index (χ0n) is 21.4. The van der Waals surface area contributed by atoms with Gasteiger partial charge in [-0.3, -0.25) is 4.79 Å². The Morgan fingerprint density at radius 1 is 1.32 bits per heavy atom. The fourth-order valence-electron chi connectivity index (χ4n) is 4.25. The van der Waals surface area contributed by atoms with Crippen LogP contribution in [-0.4, -0.2) is 55.9 Å². The first-order chi connectivity index (χ1) is 17.7. The maximum absolute atomic E-state index is 12.5. The predicted molar refractivity (Wildman–Crippen MR) is 128 cm³/mol. The molecule has 1 saturated carbocycles. The van der Waals surface area contributed by atoms with Crippen molar-refractivity contribution in [1.29, 1.82) is 0 Å². The summed E-state index contributed by atoms with van der Waals surface area (Å²) in [7, 11) is 0. The maximum Gasteiger partial charge on any atom is 0.228 e. The third kappa shape index (κ3) is 3.65. The Balaban J connectivity index is 1.43. The number of carbonyl (C=O) groups excluding carboxylic acids is 1. The van der Waals surface area contributed by atoms with E-state index in [4.69, 9.17) is 8.85 Å².